The van der Waals surface area contributed by atoms with Gasteiger partial charge in [0, 0.05) is 20.0 Å². The van der Waals surface area contributed by atoms with E-state index < -0.39 is 0 Å². The molecule has 0 aliphatic carbocycles. The minimum absolute atomic E-state index is 0.574. The molecule has 24 heavy (non-hydrogen) atoms. The molecule has 7 heteroatoms. The molecule has 1 heterocycles. The molecular formula is C17H25N5O2. The van der Waals surface area contributed by atoms with Crippen LogP contribution in [0.4, 0.5) is 0 Å². The van der Waals surface area contributed by atoms with Gasteiger partial charge in [-0.2, -0.15) is 4.98 Å². The van der Waals surface area contributed by atoms with E-state index in [1.165, 1.54) is 5.56 Å². The summed E-state index contributed by atoms with van der Waals surface area (Å²) in [5, 5.41) is 10.2. The first-order valence-electron chi connectivity index (χ1n) is 8.10. The van der Waals surface area contributed by atoms with Crippen LogP contribution in [-0.4, -0.2) is 42.8 Å². The lowest BCUT2D eigenvalue weighted by Crippen LogP contribution is -2.39. The maximum Gasteiger partial charge on any atom is 0.226 e. The fourth-order valence-corrected chi connectivity index (χ4v) is 2.08. The van der Waals surface area contributed by atoms with E-state index in [4.69, 9.17) is 9.26 Å². The molecule has 7 nitrogen and oxygen atoms in total. The molecule has 0 amide bonds. The van der Waals surface area contributed by atoms with Gasteiger partial charge in [0.2, 0.25) is 5.89 Å². The number of aryl methyl sites for hydroxylation is 3. The van der Waals surface area contributed by atoms with Crippen LogP contribution in [0, 0.1) is 13.8 Å². The average molecular weight is 331 g/mol. The van der Waals surface area contributed by atoms with E-state index in [9.17, 15) is 0 Å². The van der Waals surface area contributed by atoms with E-state index in [0.29, 0.717) is 24.9 Å². The number of hydrogen-bond donors (Lipinski definition) is 2. The summed E-state index contributed by atoms with van der Waals surface area (Å²) >= 11 is 0. The highest BCUT2D eigenvalue weighted by molar-refractivity contribution is 5.79. The lowest BCUT2D eigenvalue weighted by Gasteiger charge is -2.12. The molecule has 0 aliphatic heterocycles. The van der Waals surface area contributed by atoms with Crippen molar-refractivity contribution in [3.63, 3.8) is 0 Å². The van der Waals surface area contributed by atoms with Crippen LogP contribution in [0.25, 0.3) is 0 Å². The zero-order chi connectivity index (χ0) is 17.2. The number of nitrogens with one attached hydrogen (secondary N) is 2. The fraction of sp³-hybridized carbons (Fsp3) is 0.471. The Morgan fingerprint density at radius 3 is 2.58 bits per heavy atom. The smallest absolute Gasteiger partial charge is 0.226 e. The third-order valence-electron chi connectivity index (χ3n) is 3.34. The number of benzene rings is 1. The summed E-state index contributed by atoms with van der Waals surface area (Å²) in [6, 6.07) is 8.02. The van der Waals surface area contributed by atoms with E-state index in [1.54, 1.807) is 7.05 Å². The Morgan fingerprint density at radius 1 is 1.17 bits per heavy atom. The van der Waals surface area contributed by atoms with E-state index in [2.05, 4.69) is 32.7 Å². The first kappa shape index (κ1) is 17.8. The Morgan fingerprint density at radius 2 is 1.92 bits per heavy atom. The van der Waals surface area contributed by atoms with Crippen molar-refractivity contribution in [2.75, 3.05) is 26.7 Å². The van der Waals surface area contributed by atoms with Crippen LogP contribution < -0.4 is 15.4 Å². The normalized spacial score (nSPS) is 11.4. The van der Waals surface area contributed by atoms with Gasteiger partial charge in [0.15, 0.2) is 11.8 Å². The minimum Gasteiger partial charge on any atom is -0.492 e. The highest BCUT2D eigenvalue weighted by atomic mass is 16.5. The molecule has 0 radical (unpaired) electrons. The maximum absolute atomic E-state index is 5.67. The summed E-state index contributed by atoms with van der Waals surface area (Å²) in [5.74, 6) is 2.97. The highest BCUT2D eigenvalue weighted by Crippen LogP contribution is 2.10. The molecular weight excluding hydrogens is 306 g/mol. The highest BCUT2D eigenvalue weighted by Gasteiger charge is 2.02. The van der Waals surface area contributed by atoms with E-state index in [0.717, 1.165) is 31.1 Å². The van der Waals surface area contributed by atoms with Crippen molar-refractivity contribution in [1.29, 1.82) is 0 Å². The number of aliphatic imine (C=N–C) groups is 1. The van der Waals surface area contributed by atoms with Crippen LogP contribution in [0.15, 0.2) is 33.8 Å². The van der Waals surface area contributed by atoms with Crippen LogP contribution >= 0.6 is 0 Å². The predicted octanol–water partition coefficient (Wildman–Crippen LogP) is 1.86. The number of guanidine groups is 1. The number of rotatable bonds is 8. The molecule has 1 aromatic carbocycles. The summed E-state index contributed by atoms with van der Waals surface area (Å²) in [5.41, 5.74) is 1.22. The third-order valence-corrected chi connectivity index (χ3v) is 3.34. The summed E-state index contributed by atoms with van der Waals surface area (Å²) < 4.78 is 10.7. The Kier molecular flexibility index (Phi) is 7.07. The fourth-order valence-electron chi connectivity index (χ4n) is 2.08. The van der Waals surface area contributed by atoms with Gasteiger partial charge in [-0.15, -0.1) is 0 Å². The monoisotopic (exact) mass is 331 g/mol. The second-order valence-electron chi connectivity index (χ2n) is 5.43. The quantitative estimate of drug-likeness (QED) is 0.436. The summed E-state index contributed by atoms with van der Waals surface area (Å²) in [4.78, 5) is 8.35. The van der Waals surface area contributed by atoms with Crippen molar-refractivity contribution in [3.05, 3.63) is 41.5 Å². The van der Waals surface area contributed by atoms with Crippen molar-refractivity contribution < 1.29 is 9.26 Å². The Balaban J connectivity index is 1.57. The first-order chi connectivity index (χ1) is 11.7. The number of nitrogens with zero attached hydrogens (tertiary/aromatic N) is 3. The second-order valence-corrected chi connectivity index (χ2v) is 5.43. The Labute approximate surface area is 142 Å². The van der Waals surface area contributed by atoms with Gasteiger partial charge in [-0.05, 0) is 32.4 Å². The van der Waals surface area contributed by atoms with Crippen molar-refractivity contribution in [1.82, 2.24) is 20.8 Å². The van der Waals surface area contributed by atoms with Crippen LogP contribution in [-0.2, 0) is 6.42 Å². The molecule has 2 rings (SSSR count). The van der Waals surface area contributed by atoms with E-state index >= 15 is 0 Å². The third kappa shape index (κ3) is 6.28. The molecule has 0 aliphatic rings. The summed E-state index contributed by atoms with van der Waals surface area (Å²) in [6.07, 6.45) is 1.64. The van der Waals surface area contributed by atoms with Crippen LogP contribution in [0.2, 0.25) is 0 Å². The molecule has 0 fully saturated rings. The lowest BCUT2D eigenvalue weighted by molar-refractivity contribution is 0.322. The van der Waals surface area contributed by atoms with Crippen molar-refractivity contribution in [3.8, 4) is 5.75 Å². The molecule has 130 valence electrons. The van der Waals surface area contributed by atoms with Gasteiger partial charge in [0.05, 0.1) is 6.54 Å². The van der Waals surface area contributed by atoms with Gasteiger partial charge in [-0.1, -0.05) is 22.9 Å². The maximum atomic E-state index is 5.67. The molecule has 0 saturated carbocycles. The zero-order valence-electron chi connectivity index (χ0n) is 14.5. The van der Waals surface area contributed by atoms with Gasteiger partial charge in [0.25, 0.3) is 0 Å². The largest absolute Gasteiger partial charge is 0.492 e. The van der Waals surface area contributed by atoms with Gasteiger partial charge in [-0.3, -0.25) is 4.99 Å². The van der Waals surface area contributed by atoms with Gasteiger partial charge < -0.3 is 19.9 Å². The molecule has 2 aromatic rings. The Hall–Kier alpha value is -2.57. The zero-order valence-corrected chi connectivity index (χ0v) is 14.5. The number of ether oxygens (including phenoxy) is 1. The van der Waals surface area contributed by atoms with Crippen molar-refractivity contribution >= 4 is 5.96 Å². The van der Waals surface area contributed by atoms with Crippen LogP contribution in [0.3, 0.4) is 0 Å². The molecule has 2 N–H and O–H groups in total. The number of aromatic nitrogens is 2. The standard InChI is InChI=1S/C17H25N5O2/c1-13-6-8-15(9-7-13)23-12-11-20-17(18-3)19-10-4-5-16-21-14(2)22-24-16/h6-9H,4-5,10-12H2,1-3H3,(H2,18,19,20). The molecule has 0 spiro atoms. The first-order valence-corrected chi connectivity index (χ1v) is 8.10. The van der Waals surface area contributed by atoms with Gasteiger partial charge in [0.1, 0.15) is 12.4 Å². The molecule has 0 atom stereocenters. The van der Waals surface area contributed by atoms with E-state index in [1.807, 2.05) is 31.2 Å². The average Bonchev–Trinajstić information content (AvgIpc) is 3.00. The Bertz CT molecular complexity index is 637. The van der Waals surface area contributed by atoms with Gasteiger partial charge >= 0.3 is 0 Å². The molecule has 0 bridgehead atoms. The van der Waals surface area contributed by atoms with Crippen LogP contribution in [0.5, 0.6) is 5.75 Å². The summed E-state index contributed by atoms with van der Waals surface area (Å²) in [7, 11) is 1.75. The second kappa shape index (κ2) is 9.54. The van der Waals surface area contributed by atoms with Crippen molar-refractivity contribution in [2.45, 2.75) is 26.7 Å². The summed E-state index contributed by atoms with van der Waals surface area (Å²) in [6.45, 7) is 5.90. The molecule has 0 saturated heterocycles. The van der Waals surface area contributed by atoms with E-state index in [-0.39, 0.29) is 0 Å². The van der Waals surface area contributed by atoms with Gasteiger partial charge in [-0.25, -0.2) is 0 Å². The number of hydrogen-bond acceptors (Lipinski definition) is 5. The molecule has 1 aromatic heterocycles. The minimum atomic E-state index is 0.574. The topological polar surface area (TPSA) is 84.6 Å². The lowest BCUT2D eigenvalue weighted by atomic mass is 10.2. The van der Waals surface area contributed by atoms with Crippen molar-refractivity contribution in [2.24, 2.45) is 4.99 Å². The SMILES string of the molecule is CN=C(NCCCc1nc(C)no1)NCCOc1ccc(C)cc1. The molecule has 0 unspecified atom stereocenters. The van der Waals surface area contributed by atoms with Crippen LogP contribution in [0.1, 0.15) is 23.7 Å². The predicted molar refractivity (Wildman–Crippen MR) is 93.4 cm³/mol.